The zero-order valence-electron chi connectivity index (χ0n) is 14.4. The number of rotatable bonds is 9. The van der Waals surface area contributed by atoms with Gasteiger partial charge in [-0.05, 0) is 37.6 Å². The molecule has 1 heterocycles. The Kier molecular flexibility index (Phi) is 7.00. The molecular formula is C18H22N2O5. The third-order valence-corrected chi connectivity index (χ3v) is 3.33. The monoisotopic (exact) mass is 346 g/mol. The molecule has 1 N–H and O–H groups in total. The van der Waals surface area contributed by atoms with Gasteiger partial charge in [-0.25, -0.2) is 0 Å². The molecule has 134 valence electrons. The number of hydrogen-bond donors (Lipinski definition) is 1. The highest BCUT2D eigenvalue weighted by atomic mass is 16.5. The first-order valence-electron chi connectivity index (χ1n) is 8.17. The van der Waals surface area contributed by atoms with Gasteiger partial charge >= 0.3 is 5.97 Å². The van der Waals surface area contributed by atoms with Crippen LogP contribution in [-0.2, 0) is 16.1 Å². The van der Waals surface area contributed by atoms with Crippen LogP contribution in [0.1, 0.15) is 41.6 Å². The molecule has 0 atom stereocenters. The van der Waals surface area contributed by atoms with Gasteiger partial charge < -0.3 is 19.3 Å². The van der Waals surface area contributed by atoms with E-state index in [4.69, 9.17) is 14.0 Å². The Labute approximate surface area is 146 Å². The second kappa shape index (κ2) is 9.46. The quantitative estimate of drug-likeness (QED) is 0.554. The lowest BCUT2D eigenvalue weighted by Gasteiger charge is -2.07. The number of esters is 1. The van der Waals surface area contributed by atoms with Crippen molar-refractivity contribution in [2.24, 2.45) is 0 Å². The minimum absolute atomic E-state index is 0.0145. The molecule has 1 aromatic carbocycles. The van der Waals surface area contributed by atoms with Crippen molar-refractivity contribution < 1.29 is 23.6 Å². The van der Waals surface area contributed by atoms with Gasteiger partial charge in [-0.3, -0.25) is 9.59 Å². The lowest BCUT2D eigenvalue weighted by molar-refractivity contribution is -0.144. The molecule has 0 radical (unpaired) electrons. The average molecular weight is 346 g/mol. The third-order valence-electron chi connectivity index (χ3n) is 3.33. The second-order valence-electron chi connectivity index (χ2n) is 5.50. The van der Waals surface area contributed by atoms with Crippen molar-refractivity contribution in [1.82, 2.24) is 10.5 Å². The van der Waals surface area contributed by atoms with Gasteiger partial charge in [-0.15, -0.1) is 0 Å². The van der Waals surface area contributed by atoms with Gasteiger partial charge in [0.2, 0.25) is 0 Å². The Morgan fingerprint density at radius 2 is 2.00 bits per heavy atom. The maximum absolute atomic E-state index is 12.0. The minimum atomic E-state index is -0.554. The summed E-state index contributed by atoms with van der Waals surface area (Å²) in [5.74, 6) is 0.261. The topological polar surface area (TPSA) is 90.7 Å². The number of ether oxygens (including phenoxy) is 2. The molecule has 2 aromatic rings. The first-order chi connectivity index (χ1) is 12.1. The summed E-state index contributed by atoms with van der Waals surface area (Å²) in [5.41, 5.74) is 1.16. The number of hydrogen-bond acceptors (Lipinski definition) is 6. The van der Waals surface area contributed by atoms with Crippen LogP contribution < -0.4 is 10.1 Å². The van der Waals surface area contributed by atoms with E-state index in [0.29, 0.717) is 29.4 Å². The van der Waals surface area contributed by atoms with E-state index in [1.807, 2.05) is 0 Å². The number of nitrogens with one attached hydrogen (secondary N) is 1. The van der Waals surface area contributed by atoms with E-state index in [-0.39, 0.29) is 19.1 Å². The van der Waals surface area contributed by atoms with E-state index < -0.39 is 5.97 Å². The molecule has 0 aliphatic carbocycles. The van der Waals surface area contributed by atoms with Crippen LogP contribution in [0.3, 0.4) is 0 Å². The van der Waals surface area contributed by atoms with Gasteiger partial charge in [-0.2, -0.15) is 0 Å². The van der Waals surface area contributed by atoms with Gasteiger partial charge in [0.1, 0.15) is 12.3 Å². The second-order valence-corrected chi connectivity index (χ2v) is 5.50. The van der Waals surface area contributed by atoms with E-state index in [1.54, 1.807) is 37.3 Å². The van der Waals surface area contributed by atoms with Crippen LogP contribution in [0.4, 0.5) is 0 Å². The molecular weight excluding hydrogens is 324 g/mol. The molecule has 0 spiro atoms. The maximum Gasteiger partial charge on any atom is 0.325 e. The molecule has 0 saturated heterocycles. The Hall–Kier alpha value is -2.83. The van der Waals surface area contributed by atoms with Gasteiger partial charge in [0.05, 0.1) is 12.3 Å². The Morgan fingerprint density at radius 3 is 2.64 bits per heavy atom. The molecule has 0 bridgehead atoms. The molecule has 1 amide bonds. The maximum atomic E-state index is 12.0. The van der Waals surface area contributed by atoms with Gasteiger partial charge in [0.25, 0.3) is 5.91 Å². The fourth-order valence-electron chi connectivity index (χ4n) is 1.98. The van der Waals surface area contributed by atoms with Crippen molar-refractivity contribution in [3.05, 3.63) is 47.3 Å². The van der Waals surface area contributed by atoms with Crippen molar-refractivity contribution in [2.75, 3.05) is 13.2 Å². The van der Waals surface area contributed by atoms with Crippen LogP contribution >= 0.6 is 0 Å². The summed E-state index contributed by atoms with van der Waals surface area (Å²) in [5, 5.41) is 6.20. The Balaban J connectivity index is 1.72. The van der Waals surface area contributed by atoms with Crippen molar-refractivity contribution in [2.45, 2.75) is 33.3 Å². The average Bonchev–Trinajstić information content (AvgIpc) is 3.04. The summed E-state index contributed by atoms with van der Waals surface area (Å²) < 4.78 is 15.5. The predicted molar refractivity (Wildman–Crippen MR) is 90.2 cm³/mol. The van der Waals surface area contributed by atoms with Crippen LogP contribution in [0.5, 0.6) is 5.75 Å². The molecule has 7 nitrogen and oxygen atoms in total. The van der Waals surface area contributed by atoms with E-state index in [0.717, 1.165) is 12.8 Å². The van der Waals surface area contributed by atoms with E-state index in [1.165, 1.54) is 0 Å². The summed E-state index contributed by atoms with van der Waals surface area (Å²) in [7, 11) is 0. The zero-order chi connectivity index (χ0) is 18.1. The highest BCUT2D eigenvalue weighted by molar-refractivity contribution is 5.95. The number of unbranched alkanes of at least 4 members (excludes halogenated alkanes) is 1. The number of benzene rings is 1. The largest absolute Gasteiger partial charge is 0.494 e. The van der Waals surface area contributed by atoms with Crippen LogP contribution in [-0.4, -0.2) is 30.2 Å². The van der Waals surface area contributed by atoms with Gasteiger partial charge in [-0.1, -0.05) is 18.5 Å². The van der Waals surface area contributed by atoms with Crippen LogP contribution in [0.2, 0.25) is 0 Å². The lowest BCUT2D eigenvalue weighted by atomic mass is 10.2. The molecule has 7 heteroatoms. The highest BCUT2D eigenvalue weighted by Crippen LogP contribution is 2.12. The molecule has 25 heavy (non-hydrogen) atoms. The standard InChI is InChI=1S/C18H22N2O5/c1-3-4-9-23-15-7-5-14(6-8-15)18(22)19-11-17(21)24-12-16-10-13(2)20-25-16/h5-8,10H,3-4,9,11-12H2,1-2H3,(H,19,22). The van der Waals surface area contributed by atoms with Crippen molar-refractivity contribution >= 4 is 11.9 Å². The van der Waals surface area contributed by atoms with Gasteiger partial charge in [0.15, 0.2) is 12.4 Å². The summed E-state index contributed by atoms with van der Waals surface area (Å²) >= 11 is 0. The Morgan fingerprint density at radius 1 is 1.24 bits per heavy atom. The molecule has 0 fully saturated rings. The molecule has 0 aliphatic heterocycles. The number of amides is 1. The first kappa shape index (κ1) is 18.5. The molecule has 0 aliphatic rings. The Bertz CT molecular complexity index is 694. The molecule has 0 saturated carbocycles. The number of carbonyl (C=O) groups is 2. The lowest BCUT2D eigenvalue weighted by Crippen LogP contribution is -2.30. The smallest absolute Gasteiger partial charge is 0.325 e. The van der Waals surface area contributed by atoms with Gasteiger partial charge in [0, 0.05) is 11.6 Å². The molecule has 0 unspecified atom stereocenters. The number of carbonyl (C=O) groups excluding carboxylic acids is 2. The predicted octanol–water partition coefficient (Wildman–Crippen LogP) is 2.64. The minimum Gasteiger partial charge on any atom is -0.494 e. The van der Waals surface area contributed by atoms with E-state index in [2.05, 4.69) is 17.4 Å². The van der Waals surface area contributed by atoms with Crippen LogP contribution in [0.25, 0.3) is 0 Å². The van der Waals surface area contributed by atoms with Crippen molar-refractivity contribution in [3.63, 3.8) is 0 Å². The van der Waals surface area contributed by atoms with Crippen LogP contribution in [0, 0.1) is 6.92 Å². The zero-order valence-corrected chi connectivity index (χ0v) is 14.4. The van der Waals surface area contributed by atoms with E-state index >= 15 is 0 Å². The SMILES string of the molecule is CCCCOc1ccc(C(=O)NCC(=O)OCc2cc(C)no2)cc1. The number of aryl methyl sites for hydroxylation is 1. The summed E-state index contributed by atoms with van der Waals surface area (Å²) in [6.07, 6.45) is 2.05. The fraction of sp³-hybridized carbons (Fsp3) is 0.389. The summed E-state index contributed by atoms with van der Waals surface area (Å²) in [6, 6.07) is 8.44. The number of nitrogens with zero attached hydrogens (tertiary/aromatic N) is 1. The van der Waals surface area contributed by atoms with Crippen molar-refractivity contribution in [3.8, 4) is 5.75 Å². The summed E-state index contributed by atoms with van der Waals surface area (Å²) in [6.45, 7) is 4.28. The van der Waals surface area contributed by atoms with Crippen molar-refractivity contribution in [1.29, 1.82) is 0 Å². The highest BCUT2D eigenvalue weighted by Gasteiger charge is 2.10. The fourth-order valence-corrected chi connectivity index (χ4v) is 1.98. The normalized spacial score (nSPS) is 10.3. The number of aromatic nitrogens is 1. The van der Waals surface area contributed by atoms with E-state index in [9.17, 15) is 9.59 Å². The summed E-state index contributed by atoms with van der Waals surface area (Å²) in [4.78, 5) is 23.7. The molecule has 2 rings (SSSR count). The molecule has 1 aromatic heterocycles. The van der Waals surface area contributed by atoms with Crippen LogP contribution in [0.15, 0.2) is 34.9 Å². The first-order valence-corrected chi connectivity index (χ1v) is 8.17. The third kappa shape index (κ3) is 6.29.